The number of aliphatic hydroxyl groups is 2. The fourth-order valence-corrected chi connectivity index (χ4v) is 6.47. The average Bonchev–Trinajstić information content (AvgIpc) is 2.97. The first-order chi connectivity index (χ1) is 19.6. The van der Waals surface area contributed by atoms with Gasteiger partial charge in [0.1, 0.15) is 13.2 Å². The zero-order valence-corrected chi connectivity index (χ0v) is 25.9. The van der Waals surface area contributed by atoms with Crippen molar-refractivity contribution in [1.82, 2.24) is 15.0 Å². The summed E-state index contributed by atoms with van der Waals surface area (Å²) in [6.45, 7) is 9.93. The number of ether oxygens (including phenoxy) is 2. The number of esters is 2. The Kier molecular flexibility index (Phi) is 13.9. The molecule has 2 unspecified atom stereocenters. The molecule has 2 saturated carbocycles. The molecular formula is C29H44N4O6S2. The molecule has 2 aliphatic carbocycles. The van der Waals surface area contributed by atoms with E-state index in [-0.39, 0.29) is 35.9 Å². The molecule has 0 saturated heterocycles. The Balaban J connectivity index is 1.78. The van der Waals surface area contributed by atoms with Crippen LogP contribution in [-0.2, 0) is 19.1 Å². The molecular weight excluding hydrogens is 564 g/mol. The van der Waals surface area contributed by atoms with Gasteiger partial charge in [0.2, 0.25) is 5.95 Å². The molecule has 0 spiro atoms. The van der Waals surface area contributed by atoms with Crippen molar-refractivity contribution in [2.24, 2.45) is 0 Å². The Hall–Kier alpha value is -2.15. The maximum Gasteiger partial charge on any atom is 0.333 e. The summed E-state index contributed by atoms with van der Waals surface area (Å²) in [6, 6.07) is 0.730. The second-order valence-corrected chi connectivity index (χ2v) is 12.9. The summed E-state index contributed by atoms with van der Waals surface area (Å²) in [5.41, 5.74) is 0.548. The zero-order valence-electron chi connectivity index (χ0n) is 24.3. The van der Waals surface area contributed by atoms with Gasteiger partial charge in [-0.1, -0.05) is 75.2 Å². The SMILES string of the molecule is C=C(C)C(=O)OCC(O)CSc1nc(SCC(O)COC(=O)C(=C)C)nc(N(C2CCCCC2)C2CCCCC2)n1. The summed E-state index contributed by atoms with van der Waals surface area (Å²) in [4.78, 5) is 40.2. The highest BCUT2D eigenvalue weighted by Crippen LogP contribution is 2.34. The van der Waals surface area contributed by atoms with Gasteiger partial charge in [0, 0.05) is 34.7 Å². The van der Waals surface area contributed by atoms with Crippen molar-refractivity contribution in [3.63, 3.8) is 0 Å². The number of aliphatic hydroxyl groups excluding tert-OH is 2. The van der Waals surface area contributed by atoms with E-state index in [1.165, 1.54) is 62.0 Å². The number of hydrogen-bond acceptors (Lipinski definition) is 12. The summed E-state index contributed by atoms with van der Waals surface area (Å²) < 4.78 is 10.2. The van der Waals surface area contributed by atoms with Gasteiger partial charge in [-0.15, -0.1) is 0 Å². The van der Waals surface area contributed by atoms with E-state index in [9.17, 15) is 19.8 Å². The third kappa shape index (κ3) is 11.2. The zero-order chi connectivity index (χ0) is 29.8. The van der Waals surface area contributed by atoms with Crippen LogP contribution >= 0.6 is 23.5 Å². The minimum atomic E-state index is -0.905. The standard InChI is InChI=1S/C29H44N4O6S2/c1-19(2)25(36)38-15-23(34)17-40-28-30-27(31-29(32-28)41-18-24(35)16-39-26(37)20(3)4)33(21-11-7-5-8-12-21)22-13-9-6-10-14-22/h21-24,34-35H,1,3,5-18H2,2,4H3. The largest absolute Gasteiger partial charge is 0.460 e. The van der Waals surface area contributed by atoms with E-state index in [1.54, 1.807) is 13.8 Å². The number of carbonyl (C=O) groups is 2. The van der Waals surface area contributed by atoms with Gasteiger partial charge < -0.3 is 24.6 Å². The summed E-state index contributed by atoms with van der Waals surface area (Å²) in [7, 11) is 0. The van der Waals surface area contributed by atoms with Crippen molar-refractivity contribution < 1.29 is 29.3 Å². The molecule has 0 aliphatic heterocycles. The van der Waals surface area contributed by atoms with Gasteiger partial charge in [0.25, 0.3) is 0 Å². The highest BCUT2D eigenvalue weighted by molar-refractivity contribution is 7.99. The minimum Gasteiger partial charge on any atom is -0.460 e. The van der Waals surface area contributed by atoms with Crippen molar-refractivity contribution in [2.75, 3.05) is 29.6 Å². The van der Waals surface area contributed by atoms with Crippen molar-refractivity contribution in [1.29, 1.82) is 0 Å². The normalized spacial score (nSPS) is 17.9. The predicted molar refractivity (Wildman–Crippen MR) is 161 cm³/mol. The molecule has 1 aromatic rings. The molecule has 0 bridgehead atoms. The molecule has 1 aromatic heterocycles. The van der Waals surface area contributed by atoms with Crippen LogP contribution in [-0.4, -0.2) is 86.1 Å². The lowest BCUT2D eigenvalue weighted by Crippen LogP contribution is -2.46. The van der Waals surface area contributed by atoms with E-state index in [2.05, 4.69) is 23.0 Å². The van der Waals surface area contributed by atoms with E-state index in [0.29, 0.717) is 28.3 Å². The number of rotatable bonds is 15. The topological polar surface area (TPSA) is 135 Å². The van der Waals surface area contributed by atoms with E-state index >= 15 is 0 Å². The molecule has 41 heavy (non-hydrogen) atoms. The first-order valence-electron chi connectivity index (χ1n) is 14.5. The van der Waals surface area contributed by atoms with Crippen molar-refractivity contribution >= 4 is 41.4 Å². The second kappa shape index (κ2) is 17.1. The van der Waals surface area contributed by atoms with Crippen LogP contribution < -0.4 is 4.90 Å². The van der Waals surface area contributed by atoms with Gasteiger partial charge in [0.05, 0.1) is 12.2 Å². The van der Waals surface area contributed by atoms with Crippen molar-refractivity contribution in [3.8, 4) is 0 Å². The molecule has 2 fully saturated rings. The maximum atomic E-state index is 11.7. The van der Waals surface area contributed by atoms with Crippen molar-refractivity contribution in [2.45, 2.75) is 113 Å². The second-order valence-electron chi connectivity index (χ2n) is 10.9. The first-order valence-corrected chi connectivity index (χ1v) is 16.4. The lowest BCUT2D eigenvalue weighted by atomic mass is 9.89. The number of aromatic nitrogens is 3. The monoisotopic (exact) mass is 608 g/mol. The van der Waals surface area contributed by atoms with Crippen LogP contribution in [0, 0.1) is 0 Å². The molecule has 0 amide bonds. The Morgan fingerprint density at radius 3 is 1.54 bits per heavy atom. The number of thioether (sulfide) groups is 2. The van der Waals surface area contributed by atoms with Crippen LogP contribution in [0.5, 0.6) is 0 Å². The Morgan fingerprint density at radius 1 is 0.780 bits per heavy atom. The summed E-state index contributed by atoms with van der Waals surface area (Å²) in [5.74, 6) is -0.000951. The molecule has 2 aliphatic rings. The van der Waals surface area contributed by atoms with Crippen LogP contribution in [0.4, 0.5) is 5.95 Å². The van der Waals surface area contributed by atoms with E-state index in [4.69, 9.17) is 19.4 Å². The number of nitrogens with zero attached hydrogens (tertiary/aromatic N) is 4. The van der Waals surface area contributed by atoms with Gasteiger partial charge in [-0.25, -0.2) is 9.59 Å². The third-order valence-corrected chi connectivity index (χ3v) is 9.05. The number of anilines is 1. The molecule has 3 rings (SSSR count). The van der Waals surface area contributed by atoms with Crippen LogP contribution in [0.2, 0.25) is 0 Å². The Morgan fingerprint density at radius 2 is 1.17 bits per heavy atom. The summed E-state index contributed by atoms with van der Waals surface area (Å²) in [5, 5.41) is 21.8. The molecule has 0 radical (unpaired) electrons. The predicted octanol–water partition coefficient (Wildman–Crippen LogP) is 4.49. The first kappa shape index (κ1) is 33.4. The van der Waals surface area contributed by atoms with E-state index in [0.717, 1.165) is 25.7 Å². The molecule has 10 nitrogen and oxygen atoms in total. The summed E-state index contributed by atoms with van der Waals surface area (Å²) in [6.07, 6.45) is 9.84. The van der Waals surface area contributed by atoms with Gasteiger partial charge in [-0.05, 0) is 39.5 Å². The average molecular weight is 609 g/mol. The van der Waals surface area contributed by atoms with E-state index in [1.807, 2.05) is 0 Å². The summed E-state index contributed by atoms with van der Waals surface area (Å²) >= 11 is 2.54. The molecule has 2 atom stereocenters. The van der Waals surface area contributed by atoms with Gasteiger partial charge in [0.15, 0.2) is 10.3 Å². The van der Waals surface area contributed by atoms with Gasteiger partial charge in [-0.2, -0.15) is 15.0 Å². The Labute approximate surface area is 251 Å². The van der Waals surface area contributed by atoms with Crippen LogP contribution in [0.15, 0.2) is 34.6 Å². The minimum absolute atomic E-state index is 0.149. The van der Waals surface area contributed by atoms with Crippen LogP contribution in [0.1, 0.15) is 78.1 Å². The van der Waals surface area contributed by atoms with Crippen LogP contribution in [0.3, 0.4) is 0 Å². The number of hydrogen-bond donors (Lipinski definition) is 2. The molecule has 12 heteroatoms. The molecule has 2 N–H and O–H groups in total. The van der Waals surface area contributed by atoms with Gasteiger partial charge >= 0.3 is 11.9 Å². The fraction of sp³-hybridized carbons (Fsp3) is 0.690. The fourth-order valence-electron chi connectivity index (χ4n) is 4.94. The van der Waals surface area contributed by atoms with Gasteiger partial charge in [-0.3, -0.25) is 0 Å². The van der Waals surface area contributed by atoms with Crippen LogP contribution in [0.25, 0.3) is 0 Å². The highest BCUT2D eigenvalue weighted by Gasteiger charge is 2.32. The number of carbonyl (C=O) groups excluding carboxylic acids is 2. The lowest BCUT2D eigenvalue weighted by molar-refractivity contribution is -0.142. The Bertz CT molecular complexity index is 970. The maximum absolute atomic E-state index is 11.7. The molecule has 228 valence electrons. The van der Waals surface area contributed by atoms with E-state index < -0.39 is 24.1 Å². The quantitative estimate of drug-likeness (QED) is 0.165. The third-order valence-electron chi connectivity index (χ3n) is 7.07. The molecule has 0 aromatic carbocycles. The smallest absolute Gasteiger partial charge is 0.333 e. The molecule has 1 heterocycles. The van der Waals surface area contributed by atoms with Crippen molar-refractivity contribution in [3.05, 3.63) is 24.3 Å². The highest BCUT2D eigenvalue weighted by atomic mass is 32.2. The lowest BCUT2D eigenvalue weighted by Gasteiger charge is -2.41.